The van der Waals surface area contributed by atoms with Crippen LogP contribution in [0, 0.1) is 0 Å². The first-order valence-corrected chi connectivity index (χ1v) is 18.5. The topological polar surface area (TPSA) is 155 Å². The lowest BCUT2D eigenvalue weighted by molar-refractivity contribution is -0.156. The summed E-state index contributed by atoms with van der Waals surface area (Å²) in [5, 5.41) is 26.1. The minimum absolute atomic E-state index is 0. The third kappa shape index (κ3) is 8.47. The molecule has 0 saturated heterocycles. The molecule has 1 amide bonds. The summed E-state index contributed by atoms with van der Waals surface area (Å²) >= 11 is 0. The number of aliphatic hydroxyl groups excluding tert-OH is 1. The molecule has 298 valence electrons. The molecule has 0 radical (unpaired) electrons. The first kappa shape index (κ1) is 41.6. The summed E-state index contributed by atoms with van der Waals surface area (Å²) in [5.41, 5.74) is 3.56. The number of aliphatic hydroxyl groups is 1. The van der Waals surface area contributed by atoms with E-state index in [1.807, 2.05) is 73.7 Å². The van der Waals surface area contributed by atoms with Crippen molar-refractivity contribution in [2.75, 3.05) is 25.5 Å². The monoisotopic (exact) mass is 774 g/mol. The Morgan fingerprint density at radius 3 is 2.36 bits per heavy atom. The van der Waals surface area contributed by atoms with E-state index in [-0.39, 0.29) is 39.5 Å². The quantitative estimate of drug-likeness (QED) is 0.0576. The SMILES string of the molecule is CN(CCCn1c(=O)oc2cc(CNC[C@H](O)c3ccc(O)c(NC=O)c3)ccc21)C1CCC(OC(=O)C2(C)c3ccccc3Oc3ccccc32)CC1.F.F. The van der Waals surface area contributed by atoms with Crippen LogP contribution in [0.3, 0.4) is 0 Å². The first-order valence-electron chi connectivity index (χ1n) is 18.5. The van der Waals surface area contributed by atoms with Crippen molar-refractivity contribution >= 4 is 29.2 Å². The van der Waals surface area contributed by atoms with E-state index in [9.17, 15) is 24.6 Å². The Morgan fingerprint density at radius 1 is 1.00 bits per heavy atom. The molecule has 1 aromatic heterocycles. The van der Waals surface area contributed by atoms with Gasteiger partial charge in [0.25, 0.3) is 0 Å². The number of fused-ring (bicyclic) bond motifs is 3. The van der Waals surface area contributed by atoms with Crippen molar-refractivity contribution in [1.29, 1.82) is 0 Å². The number of amides is 1. The third-order valence-electron chi connectivity index (χ3n) is 10.9. The van der Waals surface area contributed by atoms with Gasteiger partial charge in [0.05, 0.1) is 17.3 Å². The van der Waals surface area contributed by atoms with Crippen molar-refractivity contribution in [2.45, 2.75) is 75.8 Å². The number of hydrogen-bond acceptors (Lipinski definition) is 10. The van der Waals surface area contributed by atoms with E-state index in [2.05, 4.69) is 22.6 Å². The van der Waals surface area contributed by atoms with Crippen LogP contribution in [0.15, 0.2) is 94.1 Å². The van der Waals surface area contributed by atoms with Gasteiger partial charge >= 0.3 is 11.7 Å². The van der Waals surface area contributed by atoms with Crippen LogP contribution in [-0.2, 0) is 32.8 Å². The van der Waals surface area contributed by atoms with E-state index >= 15 is 0 Å². The largest absolute Gasteiger partial charge is 0.506 e. The number of ether oxygens (including phenoxy) is 2. The second kappa shape index (κ2) is 17.9. The fourth-order valence-corrected chi connectivity index (χ4v) is 7.80. The predicted molar refractivity (Wildman–Crippen MR) is 209 cm³/mol. The Balaban J connectivity index is 0.00000300. The number of aromatic nitrogens is 1. The maximum Gasteiger partial charge on any atom is 0.419 e. The highest BCUT2D eigenvalue weighted by atomic mass is 19.0. The van der Waals surface area contributed by atoms with Gasteiger partial charge in [0.1, 0.15) is 28.8 Å². The molecule has 12 nitrogen and oxygen atoms in total. The molecule has 1 aliphatic heterocycles. The number of carbonyl (C=O) groups excluding carboxylic acids is 2. The number of phenolic OH excluding ortho intramolecular Hbond substituents is 1. The summed E-state index contributed by atoms with van der Waals surface area (Å²) in [7, 11) is 2.11. The molecule has 1 fully saturated rings. The molecule has 2 heterocycles. The number of benzene rings is 4. The summed E-state index contributed by atoms with van der Waals surface area (Å²) in [6.45, 7) is 3.92. The fraction of sp³-hybridized carbons (Fsp3) is 0.357. The van der Waals surface area contributed by atoms with E-state index in [1.165, 1.54) is 12.1 Å². The number of phenols is 1. The van der Waals surface area contributed by atoms with Crippen LogP contribution in [-0.4, -0.2) is 64.3 Å². The number of oxazole rings is 1. The number of carbonyl (C=O) groups is 2. The van der Waals surface area contributed by atoms with Crippen molar-refractivity contribution in [3.63, 3.8) is 0 Å². The zero-order chi connectivity index (χ0) is 37.8. The highest BCUT2D eigenvalue weighted by Gasteiger charge is 2.46. The minimum atomic E-state index is -0.964. The number of nitrogens with one attached hydrogen (secondary N) is 2. The predicted octanol–water partition coefficient (Wildman–Crippen LogP) is 6.28. The fourth-order valence-electron chi connectivity index (χ4n) is 7.80. The number of para-hydroxylation sites is 2. The Labute approximate surface area is 322 Å². The summed E-state index contributed by atoms with van der Waals surface area (Å²) in [6, 6.07) is 25.9. The number of anilines is 1. The number of halogens is 2. The molecule has 1 aliphatic carbocycles. The smallest absolute Gasteiger partial charge is 0.419 e. The molecule has 1 saturated carbocycles. The van der Waals surface area contributed by atoms with Crippen molar-refractivity contribution in [3.05, 3.63) is 118 Å². The standard InChI is InChI=1S/C42H46N4O8.2FH/c1-42(31-8-3-5-10-37(31)53-38-11-6-4-9-32(38)42)40(50)52-30-16-14-29(15-17-30)45(2)20-7-21-46-34-18-12-27(22-39(34)54-41(46)51)24-43-25-36(49)28-13-19-35(48)33(23-28)44-26-47;;/h3-6,8-13,18-19,22-23,26,29-30,36,43,48-49H,7,14-17,20-21,24-25H2,1-2H3,(H,44,47);2*1H/t29?,30?,36-;;/m0../s1. The van der Waals surface area contributed by atoms with Crippen LogP contribution in [0.5, 0.6) is 17.2 Å². The van der Waals surface area contributed by atoms with E-state index in [0.29, 0.717) is 48.2 Å². The highest BCUT2D eigenvalue weighted by molar-refractivity contribution is 5.90. The van der Waals surface area contributed by atoms with Crippen LogP contribution >= 0.6 is 0 Å². The zero-order valence-electron chi connectivity index (χ0n) is 31.3. The van der Waals surface area contributed by atoms with Crippen LogP contribution in [0.4, 0.5) is 15.1 Å². The Kier molecular flexibility index (Phi) is 13.3. The Morgan fingerprint density at radius 2 is 1.68 bits per heavy atom. The summed E-state index contributed by atoms with van der Waals surface area (Å²) < 4.78 is 19.6. The van der Waals surface area contributed by atoms with Gasteiger partial charge in [-0.3, -0.25) is 23.6 Å². The molecule has 0 bridgehead atoms. The maximum absolute atomic E-state index is 13.9. The van der Waals surface area contributed by atoms with Gasteiger partial charge in [0.15, 0.2) is 5.58 Å². The lowest BCUT2D eigenvalue weighted by Crippen LogP contribution is -2.42. The van der Waals surface area contributed by atoms with Crippen LogP contribution in [0.2, 0.25) is 0 Å². The molecule has 0 spiro atoms. The third-order valence-corrected chi connectivity index (χ3v) is 10.9. The molecule has 1 atom stereocenters. The normalized spacial score (nSPS) is 17.4. The Bertz CT molecular complexity index is 2150. The molecule has 0 unspecified atom stereocenters. The minimum Gasteiger partial charge on any atom is -0.506 e. The molecular formula is C42H48F2N4O8. The van der Waals surface area contributed by atoms with E-state index in [1.54, 1.807) is 10.6 Å². The number of esters is 1. The second-order valence-electron chi connectivity index (χ2n) is 14.4. The van der Waals surface area contributed by atoms with Gasteiger partial charge in [-0.05, 0) is 100 Å². The van der Waals surface area contributed by atoms with E-state index in [0.717, 1.165) is 60.9 Å². The molecule has 56 heavy (non-hydrogen) atoms. The number of nitrogens with zero attached hydrogens (tertiary/aromatic N) is 2. The molecule has 7 rings (SSSR count). The number of aryl methyl sites for hydroxylation is 1. The van der Waals surface area contributed by atoms with Crippen LogP contribution < -0.4 is 21.1 Å². The van der Waals surface area contributed by atoms with Crippen molar-refractivity contribution in [3.8, 4) is 17.2 Å². The maximum atomic E-state index is 13.9. The van der Waals surface area contributed by atoms with Crippen molar-refractivity contribution in [1.82, 2.24) is 14.8 Å². The average Bonchev–Trinajstić information content (AvgIpc) is 3.49. The summed E-state index contributed by atoms with van der Waals surface area (Å²) in [4.78, 5) is 39.9. The molecule has 5 aromatic rings. The molecule has 4 N–H and O–H groups in total. The summed E-state index contributed by atoms with van der Waals surface area (Å²) in [5.74, 6) is 0.619. The van der Waals surface area contributed by atoms with Crippen LogP contribution in [0.25, 0.3) is 11.1 Å². The van der Waals surface area contributed by atoms with Crippen molar-refractivity contribution < 1.29 is 43.1 Å². The van der Waals surface area contributed by atoms with Crippen molar-refractivity contribution in [2.24, 2.45) is 0 Å². The molecule has 4 aromatic carbocycles. The molecular weight excluding hydrogens is 726 g/mol. The van der Waals surface area contributed by atoms with Gasteiger partial charge in [-0.1, -0.05) is 48.5 Å². The van der Waals surface area contributed by atoms with Gasteiger partial charge in [-0.25, -0.2) is 4.79 Å². The highest BCUT2D eigenvalue weighted by Crippen LogP contribution is 2.49. The first-order chi connectivity index (χ1) is 26.1. The zero-order valence-corrected chi connectivity index (χ0v) is 31.3. The van der Waals surface area contributed by atoms with Gasteiger partial charge in [0.2, 0.25) is 6.41 Å². The summed E-state index contributed by atoms with van der Waals surface area (Å²) in [6.07, 6.45) is 3.61. The van der Waals surface area contributed by atoms with Crippen LogP contribution in [0.1, 0.15) is 67.4 Å². The van der Waals surface area contributed by atoms with E-state index < -0.39 is 17.3 Å². The lowest BCUT2D eigenvalue weighted by atomic mass is 9.74. The average molecular weight is 775 g/mol. The van der Waals surface area contributed by atoms with E-state index in [4.69, 9.17) is 13.9 Å². The lowest BCUT2D eigenvalue weighted by Gasteiger charge is -2.38. The number of hydrogen-bond donors (Lipinski definition) is 4. The molecule has 14 heteroatoms. The van der Waals surface area contributed by atoms with Gasteiger partial charge in [0, 0.05) is 36.8 Å². The Hall–Kier alpha value is -5.57. The second-order valence-corrected chi connectivity index (χ2v) is 14.4. The van der Waals surface area contributed by atoms with Gasteiger partial charge < -0.3 is 39.6 Å². The number of rotatable bonds is 14. The van der Waals surface area contributed by atoms with Gasteiger partial charge in [-0.15, -0.1) is 0 Å². The number of aromatic hydroxyl groups is 1. The van der Waals surface area contributed by atoms with Gasteiger partial charge in [-0.2, -0.15) is 0 Å². The molecule has 2 aliphatic rings.